The molecule has 0 aromatic heterocycles. The molecule has 8 nitrogen and oxygen atoms in total. The lowest BCUT2D eigenvalue weighted by Gasteiger charge is -2.28. The molecule has 1 amide bonds. The second-order valence-electron chi connectivity index (χ2n) is 8.07. The highest BCUT2D eigenvalue weighted by atomic mass is 32.2. The normalized spacial score (nSPS) is 13.1. The third-order valence-corrected chi connectivity index (χ3v) is 5.08. The largest absolute Gasteiger partial charge is 0.506 e. The van der Waals surface area contributed by atoms with Crippen LogP contribution in [0, 0.1) is 0 Å². The topological polar surface area (TPSA) is 142 Å². The maximum Gasteiger partial charge on any atom is 0.229 e. The summed E-state index contributed by atoms with van der Waals surface area (Å²) in [5.41, 5.74) is 7.26. The number of benzene rings is 2. The average Bonchev–Trinajstić information content (AvgIpc) is 2.60. The summed E-state index contributed by atoms with van der Waals surface area (Å²) in [5.74, 6) is -0.605. The number of carbonyl (C=O) groups is 1. The molecule has 2 aromatic carbocycles. The summed E-state index contributed by atoms with van der Waals surface area (Å²) in [6.07, 6.45) is 0.914. The van der Waals surface area contributed by atoms with Crippen LogP contribution in [0.5, 0.6) is 5.75 Å². The molecule has 6 N–H and O–H groups in total. The number of amides is 1. The van der Waals surface area contributed by atoms with Gasteiger partial charge in [0.1, 0.15) is 5.75 Å². The number of nitrogens with one attached hydrogen (secondary N) is 2. The molecule has 30 heavy (non-hydrogen) atoms. The first kappa shape index (κ1) is 23.7. The number of rotatable bonds is 10. The second-order valence-corrected chi connectivity index (χ2v) is 9.82. The van der Waals surface area contributed by atoms with E-state index in [0.717, 1.165) is 17.4 Å². The van der Waals surface area contributed by atoms with Gasteiger partial charge in [0, 0.05) is 12.1 Å². The number of hydrogen-bond acceptors (Lipinski definition) is 6. The zero-order valence-electron chi connectivity index (χ0n) is 17.3. The zero-order chi connectivity index (χ0) is 22.5. The van der Waals surface area contributed by atoms with E-state index in [4.69, 9.17) is 5.73 Å². The molecule has 0 saturated heterocycles. The van der Waals surface area contributed by atoms with E-state index in [2.05, 4.69) is 10.0 Å². The Morgan fingerprint density at radius 2 is 1.83 bits per heavy atom. The van der Waals surface area contributed by atoms with Gasteiger partial charge in [0.25, 0.3) is 0 Å². The molecule has 0 unspecified atom stereocenters. The van der Waals surface area contributed by atoms with E-state index in [1.54, 1.807) is 0 Å². The average molecular weight is 436 g/mol. The summed E-state index contributed by atoms with van der Waals surface area (Å²) >= 11 is 0. The smallest absolute Gasteiger partial charge is 0.229 e. The quantitative estimate of drug-likeness (QED) is 0.358. The van der Waals surface area contributed by atoms with E-state index in [9.17, 15) is 23.4 Å². The van der Waals surface area contributed by atoms with Crippen molar-refractivity contribution >= 4 is 21.6 Å². The standard InChI is InChI=1S/C21H29N3O5S/c1-21(2,12-15-6-4-5-14(9-15)10-20(22)27)23-13-19(26)16-7-8-18(25)17(11-16)24-30(3,28)29/h4-9,11,19,23-26H,10,12-13H2,1-3H3,(H2,22,27)/t19-/m0/s1. The van der Waals surface area contributed by atoms with Crippen molar-refractivity contribution in [3.8, 4) is 5.75 Å². The van der Waals surface area contributed by atoms with Crippen LogP contribution < -0.4 is 15.8 Å². The number of sulfonamides is 1. The fourth-order valence-corrected chi connectivity index (χ4v) is 3.72. The van der Waals surface area contributed by atoms with Crippen molar-refractivity contribution in [2.45, 2.75) is 38.3 Å². The summed E-state index contributed by atoms with van der Waals surface area (Å²) < 4.78 is 25.1. The first-order chi connectivity index (χ1) is 13.8. The van der Waals surface area contributed by atoms with Gasteiger partial charge in [-0.1, -0.05) is 30.3 Å². The van der Waals surface area contributed by atoms with Gasteiger partial charge in [-0.25, -0.2) is 8.42 Å². The first-order valence-electron chi connectivity index (χ1n) is 9.44. The Morgan fingerprint density at radius 1 is 1.17 bits per heavy atom. The van der Waals surface area contributed by atoms with Crippen LogP contribution in [0.25, 0.3) is 0 Å². The highest BCUT2D eigenvalue weighted by Crippen LogP contribution is 2.28. The Bertz CT molecular complexity index is 1010. The summed E-state index contributed by atoms with van der Waals surface area (Å²) in [5, 5.41) is 23.7. The maximum atomic E-state index is 11.4. The molecule has 164 valence electrons. The van der Waals surface area contributed by atoms with Crippen LogP contribution >= 0.6 is 0 Å². The van der Waals surface area contributed by atoms with Crippen LogP contribution in [0.4, 0.5) is 5.69 Å². The van der Waals surface area contributed by atoms with Gasteiger partial charge in [-0.05, 0) is 49.1 Å². The molecule has 0 saturated carbocycles. The number of β-amino-alcohol motifs (C(OH)–C–C–N with tert-alkyl or cyclic N) is 1. The number of aliphatic hydroxyl groups is 1. The first-order valence-corrected chi connectivity index (χ1v) is 11.3. The van der Waals surface area contributed by atoms with Crippen molar-refractivity contribution in [2.75, 3.05) is 17.5 Å². The van der Waals surface area contributed by atoms with Gasteiger partial charge in [-0.3, -0.25) is 9.52 Å². The lowest BCUT2D eigenvalue weighted by Crippen LogP contribution is -2.43. The van der Waals surface area contributed by atoms with Crippen LogP contribution in [0.15, 0.2) is 42.5 Å². The molecule has 1 atom stereocenters. The van der Waals surface area contributed by atoms with E-state index >= 15 is 0 Å². The molecule has 0 aliphatic heterocycles. The molecule has 0 aliphatic carbocycles. The molecular formula is C21H29N3O5S. The van der Waals surface area contributed by atoms with Crippen molar-refractivity contribution in [1.29, 1.82) is 0 Å². The molecule has 2 rings (SSSR count). The Hall–Kier alpha value is -2.62. The van der Waals surface area contributed by atoms with Crippen molar-refractivity contribution in [3.05, 3.63) is 59.2 Å². The molecule has 0 radical (unpaired) electrons. The van der Waals surface area contributed by atoms with Gasteiger partial charge in [0.2, 0.25) is 15.9 Å². The second kappa shape index (κ2) is 9.46. The molecule has 0 fully saturated rings. The zero-order valence-corrected chi connectivity index (χ0v) is 18.2. The van der Waals surface area contributed by atoms with E-state index in [0.29, 0.717) is 12.0 Å². The molecule has 9 heteroatoms. The predicted octanol–water partition coefficient (Wildman–Crippen LogP) is 1.44. The van der Waals surface area contributed by atoms with Gasteiger partial charge in [-0.15, -0.1) is 0 Å². The number of aliphatic hydroxyl groups excluding tert-OH is 1. The van der Waals surface area contributed by atoms with E-state index in [-0.39, 0.29) is 35.8 Å². The number of carbonyl (C=O) groups excluding carboxylic acids is 1. The van der Waals surface area contributed by atoms with Crippen LogP contribution in [0.1, 0.15) is 36.6 Å². The van der Waals surface area contributed by atoms with Crippen molar-refractivity contribution in [1.82, 2.24) is 5.32 Å². The summed E-state index contributed by atoms with van der Waals surface area (Å²) in [7, 11) is -3.56. The number of phenols is 1. The van der Waals surface area contributed by atoms with Crippen LogP contribution in [0.2, 0.25) is 0 Å². The fourth-order valence-electron chi connectivity index (χ4n) is 3.16. The number of phenolic OH excluding ortho intramolecular Hbond substituents is 1. The van der Waals surface area contributed by atoms with Gasteiger partial charge in [0.05, 0.1) is 24.5 Å². The Labute approximate surface area is 177 Å². The van der Waals surface area contributed by atoms with Gasteiger partial charge < -0.3 is 21.3 Å². The lowest BCUT2D eigenvalue weighted by atomic mass is 9.93. The van der Waals surface area contributed by atoms with Gasteiger partial charge in [0.15, 0.2) is 0 Å². The molecule has 0 heterocycles. The molecule has 0 bridgehead atoms. The minimum absolute atomic E-state index is 0.0135. The predicted molar refractivity (Wildman–Crippen MR) is 117 cm³/mol. The van der Waals surface area contributed by atoms with Crippen molar-refractivity contribution < 1.29 is 23.4 Å². The maximum absolute atomic E-state index is 11.4. The highest BCUT2D eigenvalue weighted by Gasteiger charge is 2.21. The third kappa shape index (κ3) is 7.66. The minimum atomic E-state index is -3.56. The van der Waals surface area contributed by atoms with Crippen molar-refractivity contribution in [3.63, 3.8) is 0 Å². The summed E-state index contributed by atoms with van der Waals surface area (Å²) in [6, 6.07) is 11.9. The Balaban J connectivity index is 2.03. The van der Waals surface area contributed by atoms with Gasteiger partial charge in [-0.2, -0.15) is 0 Å². The number of anilines is 1. The number of aromatic hydroxyl groups is 1. The molecular weight excluding hydrogens is 406 g/mol. The van der Waals surface area contributed by atoms with Crippen LogP contribution in [-0.4, -0.2) is 42.9 Å². The number of nitrogens with two attached hydrogens (primary N) is 1. The van der Waals surface area contributed by atoms with E-state index in [1.807, 2.05) is 38.1 Å². The molecule has 0 aliphatic rings. The van der Waals surface area contributed by atoms with E-state index < -0.39 is 16.1 Å². The third-order valence-electron chi connectivity index (χ3n) is 4.49. The van der Waals surface area contributed by atoms with Gasteiger partial charge >= 0.3 is 0 Å². The summed E-state index contributed by atoms with van der Waals surface area (Å²) in [4.78, 5) is 11.1. The Morgan fingerprint density at radius 3 is 2.47 bits per heavy atom. The number of primary amides is 1. The van der Waals surface area contributed by atoms with Crippen LogP contribution in [0.3, 0.4) is 0 Å². The fraction of sp³-hybridized carbons (Fsp3) is 0.381. The summed E-state index contributed by atoms with van der Waals surface area (Å²) in [6.45, 7) is 4.21. The van der Waals surface area contributed by atoms with E-state index in [1.165, 1.54) is 18.2 Å². The monoisotopic (exact) mass is 435 g/mol. The van der Waals surface area contributed by atoms with Crippen molar-refractivity contribution in [2.24, 2.45) is 5.73 Å². The lowest BCUT2D eigenvalue weighted by molar-refractivity contribution is -0.117. The Kier molecular flexibility index (Phi) is 7.46. The SMILES string of the molecule is CC(C)(Cc1cccc(CC(N)=O)c1)NC[C@H](O)c1ccc(O)c(NS(C)(=O)=O)c1. The minimum Gasteiger partial charge on any atom is -0.506 e. The highest BCUT2D eigenvalue weighted by molar-refractivity contribution is 7.92. The molecule has 0 spiro atoms. The van der Waals surface area contributed by atoms with Crippen LogP contribution in [-0.2, 0) is 27.7 Å². The number of hydrogen-bond donors (Lipinski definition) is 5. The molecule has 2 aromatic rings.